The van der Waals surface area contributed by atoms with E-state index >= 15 is 0 Å². The van der Waals surface area contributed by atoms with E-state index in [9.17, 15) is 14.7 Å². The lowest BCUT2D eigenvalue weighted by Gasteiger charge is -2.30. The number of carbonyl (C=O) groups is 2. The lowest BCUT2D eigenvalue weighted by Crippen LogP contribution is -2.42. The summed E-state index contributed by atoms with van der Waals surface area (Å²) in [6, 6.07) is 11.3. The van der Waals surface area contributed by atoms with E-state index in [-0.39, 0.29) is 11.3 Å². The molecule has 1 amide bonds. The van der Waals surface area contributed by atoms with Crippen molar-refractivity contribution in [1.82, 2.24) is 14.8 Å². The fourth-order valence-corrected chi connectivity index (χ4v) is 3.96. The molecule has 8 heteroatoms. The molecule has 8 nitrogen and oxygen atoms in total. The maximum absolute atomic E-state index is 13.0. The Bertz CT molecular complexity index is 986. The van der Waals surface area contributed by atoms with Crippen LogP contribution in [0, 0.1) is 0 Å². The van der Waals surface area contributed by atoms with Gasteiger partial charge in [0.05, 0.1) is 31.6 Å². The van der Waals surface area contributed by atoms with Gasteiger partial charge in [-0.2, -0.15) is 0 Å². The number of hydrogen-bond donors (Lipinski definition) is 1. The number of benzene rings is 1. The molecule has 1 atom stereocenters. The first kappa shape index (κ1) is 21.0. The van der Waals surface area contributed by atoms with E-state index in [1.807, 2.05) is 0 Å². The van der Waals surface area contributed by atoms with E-state index in [1.54, 1.807) is 48.7 Å². The van der Waals surface area contributed by atoms with Gasteiger partial charge in [-0.3, -0.25) is 19.5 Å². The van der Waals surface area contributed by atoms with Crippen molar-refractivity contribution in [2.45, 2.75) is 6.04 Å². The first-order valence-corrected chi connectivity index (χ1v) is 10.2. The molecule has 0 spiro atoms. The normalized spacial score (nSPS) is 21.5. The first-order chi connectivity index (χ1) is 15.1. The zero-order valence-electron chi connectivity index (χ0n) is 17.4. The SMILES string of the molecule is COc1cccc(/C(O)=C2\C(=O)C(=O)N(CCN3CCOCC3)[C@@H]2c2ccccn2)c1. The van der Waals surface area contributed by atoms with Crippen molar-refractivity contribution in [2.75, 3.05) is 46.5 Å². The highest BCUT2D eigenvalue weighted by Crippen LogP contribution is 2.38. The zero-order valence-corrected chi connectivity index (χ0v) is 17.4. The van der Waals surface area contributed by atoms with E-state index in [0.717, 1.165) is 13.1 Å². The Labute approximate surface area is 180 Å². The third kappa shape index (κ3) is 4.30. The Morgan fingerprint density at radius 1 is 1.16 bits per heavy atom. The van der Waals surface area contributed by atoms with Gasteiger partial charge in [-0.1, -0.05) is 18.2 Å². The zero-order chi connectivity index (χ0) is 21.8. The van der Waals surface area contributed by atoms with Crippen molar-refractivity contribution >= 4 is 17.4 Å². The number of aromatic nitrogens is 1. The summed E-state index contributed by atoms with van der Waals surface area (Å²) in [5, 5.41) is 11.1. The van der Waals surface area contributed by atoms with Gasteiger partial charge in [0.15, 0.2) is 0 Å². The summed E-state index contributed by atoms with van der Waals surface area (Å²) in [5.41, 5.74) is 0.985. The van der Waals surface area contributed by atoms with Crippen molar-refractivity contribution in [3.63, 3.8) is 0 Å². The van der Waals surface area contributed by atoms with Crippen LogP contribution in [0.4, 0.5) is 0 Å². The van der Waals surface area contributed by atoms with Gasteiger partial charge >= 0.3 is 0 Å². The molecule has 2 aromatic rings. The van der Waals surface area contributed by atoms with Crippen LogP contribution in [-0.2, 0) is 14.3 Å². The molecule has 2 saturated heterocycles. The molecular formula is C23H25N3O5. The average Bonchev–Trinajstić information content (AvgIpc) is 3.08. The summed E-state index contributed by atoms with van der Waals surface area (Å²) in [6.07, 6.45) is 1.61. The molecule has 2 aliphatic heterocycles. The summed E-state index contributed by atoms with van der Waals surface area (Å²) >= 11 is 0. The number of Topliss-reactive ketones (excluding diaryl/α,β-unsaturated/α-hetero) is 1. The number of morpholine rings is 1. The van der Waals surface area contributed by atoms with Crippen molar-refractivity contribution in [1.29, 1.82) is 0 Å². The molecule has 162 valence electrons. The number of hydrogen-bond acceptors (Lipinski definition) is 7. The molecule has 0 radical (unpaired) electrons. The van der Waals surface area contributed by atoms with Crippen molar-refractivity contribution < 1.29 is 24.2 Å². The van der Waals surface area contributed by atoms with Crippen LogP contribution in [0.15, 0.2) is 54.2 Å². The Kier molecular flexibility index (Phi) is 6.29. The summed E-state index contributed by atoms with van der Waals surface area (Å²) in [5.74, 6) is -1.03. The van der Waals surface area contributed by atoms with Crippen LogP contribution in [-0.4, -0.2) is 78.1 Å². The summed E-state index contributed by atoms with van der Waals surface area (Å²) in [7, 11) is 1.53. The number of ether oxygens (including phenoxy) is 2. The van der Waals surface area contributed by atoms with Crippen LogP contribution >= 0.6 is 0 Å². The molecule has 0 bridgehead atoms. The second kappa shape index (κ2) is 9.28. The number of carbonyl (C=O) groups excluding carboxylic acids is 2. The highest BCUT2D eigenvalue weighted by molar-refractivity contribution is 6.46. The number of likely N-dealkylation sites (tertiary alicyclic amines) is 1. The quantitative estimate of drug-likeness (QED) is 0.431. The van der Waals surface area contributed by atoms with Gasteiger partial charge in [0, 0.05) is 37.9 Å². The monoisotopic (exact) mass is 423 g/mol. The molecule has 3 heterocycles. The number of nitrogens with zero attached hydrogens (tertiary/aromatic N) is 3. The number of aliphatic hydroxyl groups excluding tert-OH is 1. The Hall–Kier alpha value is -3.23. The Morgan fingerprint density at radius 2 is 1.97 bits per heavy atom. The fraction of sp³-hybridized carbons (Fsp3) is 0.348. The van der Waals surface area contributed by atoms with Crippen LogP contribution in [0.2, 0.25) is 0 Å². The van der Waals surface area contributed by atoms with Gasteiger partial charge in [0.25, 0.3) is 11.7 Å². The topological polar surface area (TPSA) is 92.2 Å². The van der Waals surface area contributed by atoms with E-state index < -0.39 is 17.7 Å². The summed E-state index contributed by atoms with van der Waals surface area (Å²) in [4.78, 5) is 34.1. The van der Waals surface area contributed by atoms with Gasteiger partial charge < -0.3 is 19.5 Å². The molecule has 0 unspecified atom stereocenters. The standard InChI is InChI=1S/C23H25N3O5/c1-30-17-6-4-5-16(15-17)21(27)19-20(18-7-2-3-8-24-18)26(23(29)22(19)28)10-9-25-11-13-31-14-12-25/h2-8,15,20,27H,9-14H2,1H3/b21-19+/t20-/m1/s1. The second-order valence-electron chi connectivity index (χ2n) is 7.43. The highest BCUT2D eigenvalue weighted by Gasteiger charge is 2.46. The maximum atomic E-state index is 13.0. The van der Waals surface area contributed by atoms with Crippen molar-refractivity contribution in [3.05, 3.63) is 65.5 Å². The largest absolute Gasteiger partial charge is 0.507 e. The predicted octanol–water partition coefficient (Wildman–Crippen LogP) is 1.84. The minimum atomic E-state index is -0.756. The third-order valence-electron chi connectivity index (χ3n) is 5.61. The lowest BCUT2D eigenvalue weighted by molar-refractivity contribution is -0.140. The van der Waals surface area contributed by atoms with Crippen LogP contribution in [0.3, 0.4) is 0 Å². The molecule has 2 fully saturated rings. The number of amides is 1. The second-order valence-corrected chi connectivity index (χ2v) is 7.43. The molecule has 4 rings (SSSR count). The summed E-state index contributed by atoms with van der Waals surface area (Å²) < 4.78 is 10.6. The molecular weight excluding hydrogens is 398 g/mol. The smallest absolute Gasteiger partial charge is 0.295 e. The fourth-order valence-electron chi connectivity index (χ4n) is 3.96. The molecule has 1 aromatic heterocycles. The van der Waals surface area contributed by atoms with Crippen LogP contribution < -0.4 is 4.74 Å². The van der Waals surface area contributed by atoms with Crippen molar-refractivity contribution in [2.24, 2.45) is 0 Å². The number of rotatable bonds is 6. The lowest BCUT2D eigenvalue weighted by atomic mass is 9.98. The van der Waals surface area contributed by atoms with Gasteiger partial charge in [0.2, 0.25) is 0 Å². The number of pyridine rings is 1. The number of ketones is 1. The molecule has 1 aromatic carbocycles. The Balaban J connectivity index is 1.72. The van der Waals surface area contributed by atoms with Gasteiger partial charge in [0.1, 0.15) is 17.6 Å². The number of aliphatic hydroxyl groups is 1. The number of methoxy groups -OCH3 is 1. The van der Waals surface area contributed by atoms with E-state index in [2.05, 4.69) is 9.88 Å². The predicted molar refractivity (Wildman–Crippen MR) is 113 cm³/mol. The van der Waals surface area contributed by atoms with Gasteiger partial charge in [-0.25, -0.2) is 0 Å². The van der Waals surface area contributed by atoms with Crippen LogP contribution in [0.25, 0.3) is 5.76 Å². The summed E-state index contributed by atoms with van der Waals surface area (Å²) in [6.45, 7) is 3.82. The van der Waals surface area contributed by atoms with E-state index in [1.165, 1.54) is 12.0 Å². The average molecular weight is 423 g/mol. The van der Waals surface area contributed by atoms with E-state index in [4.69, 9.17) is 9.47 Å². The molecule has 1 N–H and O–H groups in total. The third-order valence-corrected chi connectivity index (χ3v) is 5.61. The minimum Gasteiger partial charge on any atom is -0.507 e. The molecule has 0 saturated carbocycles. The van der Waals surface area contributed by atoms with Crippen molar-refractivity contribution in [3.8, 4) is 5.75 Å². The minimum absolute atomic E-state index is 0.0407. The molecule has 31 heavy (non-hydrogen) atoms. The van der Waals surface area contributed by atoms with Gasteiger partial charge in [-0.05, 0) is 24.3 Å². The molecule has 0 aliphatic carbocycles. The Morgan fingerprint density at radius 3 is 2.68 bits per heavy atom. The van der Waals surface area contributed by atoms with Crippen LogP contribution in [0.5, 0.6) is 5.75 Å². The maximum Gasteiger partial charge on any atom is 0.295 e. The van der Waals surface area contributed by atoms with Gasteiger partial charge in [-0.15, -0.1) is 0 Å². The van der Waals surface area contributed by atoms with E-state index in [0.29, 0.717) is 43.3 Å². The highest BCUT2D eigenvalue weighted by atomic mass is 16.5. The molecule has 2 aliphatic rings. The van der Waals surface area contributed by atoms with Crippen LogP contribution in [0.1, 0.15) is 17.3 Å². The first-order valence-electron chi connectivity index (χ1n) is 10.2.